The number of likely N-dealkylation sites (tertiary alicyclic amines) is 1. The fraction of sp³-hybridized carbons (Fsp3) is 0.391. The second-order valence-corrected chi connectivity index (χ2v) is 8.55. The van der Waals surface area contributed by atoms with E-state index in [0.717, 1.165) is 41.9 Å². The van der Waals surface area contributed by atoms with Crippen LogP contribution in [0.5, 0.6) is 5.75 Å². The molecule has 0 spiro atoms. The van der Waals surface area contributed by atoms with Crippen molar-refractivity contribution in [1.82, 2.24) is 4.90 Å². The van der Waals surface area contributed by atoms with Crippen LogP contribution in [-0.2, 0) is 9.59 Å². The zero-order valence-electron chi connectivity index (χ0n) is 16.7. The van der Waals surface area contributed by atoms with Gasteiger partial charge in [0, 0.05) is 16.5 Å². The van der Waals surface area contributed by atoms with Crippen molar-refractivity contribution in [3.8, 4) is 5.75 Å². The number of nitrogens with zero attached hydrogens (tertiary/aromatic N) is 1. The molecule has 1 saturated heterocycles. The summed E-state index contributed by atoms with van der Waals surface area (Å²) in [5, 5.41) is 13.1. The number of ketones is 1. The van der Waals surface area contributed by atoms with E-state index in [1.54, 1.807) is 23.1 Å². The Balaban J connectivity index is 1.82. The smallest absolute Gasteiger partial charge is 0.295 e. The van der Waals surface area contributed by atoms with E-state index < -0.39 is 17.7 Å². The molecule has 2 fully saturated rings. The Morgan fingerprint density at radius 2 is 2.00 bits per heavy atom. The topological polar surface area (TPSA) is 66.8 Å². The first-order valence-electron chi connectivity index (χ1n) is 10.1. The summed E-state index contributed by atoms with van der Waals surface area (Å²) in [4.78, 5) is 28.6. The van der Waals surface area contributed by atoms with Gasteiger partial charge in [0.1, 0.15) is 11.5 Å². The summed E-state index contributed by atoms with van der Waals surface area (Å²) in [5.41, 5.74) is 1.58. The Labute approximate surface area is 174 Å². The van der Waals surface area contributed by atoms with Gasteiger partial charge in [-0.2, -0.15) is 0 Å². The second kappa shape index (κ2) is 8.03. The van der Waals surface area contributed by atoms with E-state index in [9.17, 15) is 14.7 Å². The molecule has 152 valence electrons. The number of Topliss-reactive ketones (excluding diaryl/α,β-unsaturated/α-hetero) is 1. The molecule has 4 rings (SSSR count). The second-order valence-electron chi connectivity index (χ2n) is 7.57. The third kappa shape index (κ3) is 3.46. The zero-order valence-corrected chi connectivity index (χ0v) is 17.5. The Bertz CT molecular complexity index is 957. The van der Waals surface area contributed by atoms with Crippen LogP contribution in [0, 0.1) is 6.92 Å². The van der Waals surface area contributed by atoms with Gasteiger partial charge in [0.2, 0.25) is 0 Å². The van der Waals surface area contributed by atoms with Crippen molar-refractivity contribution < 1.29 is 19.4 Å². The van der Waals surface area contributed by atoms with Gasteiger partial charge in [0.15, 0.2) is 0 Å². The van der Waals surface area contributed by atoms with E-state index >= 15 is 0 Å². The van der Waals surface area contributed by atoms with E-state index in [0.29, 0.717) is 12.2 Å². The number of aliphatic hydroxyl groups is 1. The maximum atomic E-state index is 13.0. The van der Waals surface area contributed by atoms with E-state index in [2.05, 4.69) is 0 Å². The summed E-state index contributed by atoms with van der Waals surface area (Å²) < 4.78 is 5.57. The molecular weight excluding hydrogens is 386 g/mol. The maximum Gasteiger partial charge on any atom is 0.295 e. The van der Waals surface area contributed by atoms with E-state index in [1.807, 2.05) is 31.4 Å². The molecule has 1 saturated carbocycles. The van der Waals surface area contributed by atoms with Crippen molar-refractivity contribution in [2.75, 3.05) is 6.61 Å². The van der Waals surface area contributed by atoms with Gasteiger partial charge in [-0.05, 0) is 61.9 Å². The molecule has 1 amide bonds. The minimum Gasteiger partial charge on any atom is -0.507 e. The van der Waals surface area contributed by atoms with Crippen LogP contribution < -0.4 is 4.74 Å². The first-order valence-corrected chi connectivity index (χ1v) is 11.0. The Hall–Kier alpha value is -2.60. The summed E-state index contributed by atoms with van der Waals surface area (Å²) in [7, 11) is 0. The molecule has 1 aromatic heterocycles. The number of aryl methyl sites for hydroxylation is 1. The molecule has 2 aromatic rings. The molecule has 1 N–H and O–H groups in total. The lowest BCUT2D eigenvalue weighted by atomic mass is 9.98. The molecule has 0 bridgehead atoms. The number of aliphatic hydroxyl groups excluding tert-OH is 1. The predicted octanol–water partition coefficient (Wildman–Crippen LogP) is 4.82. The largest absolute Gasteiger partial charge is 0.507 e. The summed E-state index contributed by atoms with van der Waals surface area (Å²) in [5.74, 6) is -0.475. The third-order valence-corrected chi connectivity index (χ3v) is 6.68. The molecule has 0 radical (unpaired) electrons. The molecule has 1 atom stereocenters. The lowest BCUT2D eigenvalue weighted by Gasteiger charge is -2.29. The van der Waals surface area contributed by atoms with Crippen LogP contribution in [0.1, 0.15) is 54.7 Å². The number of thiophene rings is 1. The van der Waals surface area contributed by atoms with Crippen molar-refractivity contribution in [3.63, 3.8) is 0 Å². The van der Waals surface area contributed by atoms with Gasteiger partial charge in [0.25, 0.3) is 11.7 Å². The highest BCUT2D eigenvalue weighted by atomic mass is 32.1. The molecule has 1 aliphatic heterocycles. The van der Waals surface area contributed by atoms with Gasteiger partial charge < -0.3 is 14.7 Å². The minimum absolute atomic E-state index is 0.0471. The molecule has 1 aliphatic carbocycles. The van der Waals surface area contributed by atoms with Gasteiger partial charge in [-0.3, -0.25) is 9.59 Å². The third-order valence-electron chi connectivity index (χ3n) is 5.76. The number of benzene rings is 1. The van der Waals surface area contributed by atoms with Crippen LogP contribution >= 0.6 is 11.3 Å². The summed E-state index contributed by atoms with van der Waals surface area (Å²) in [6.45, 7) is 4.37. The van der Waals surface area contributed by atoms with Gasteiger partial charge >= 0.3 is 0 Å². The van der Waals surface area contributed by atoms with Crippen molar-refractivity contribution in [2.45, 2.75) is 51.6 Å². The molecule has 6 heteroatoms. The summed E-state index contributed by atoms with van der Waals surface area (Å²) in [6.07, 6.45) is 3.92. The predicted molar refractivity (Wildman–Crippen MR) is 113 cm³/mol. The zero-order chi connectivity index (χ0) is 20.5. The number of amides is 1. The molecule has 1 unspecified atom stereocenters. The van der Waals surface area contributed by atoms with Crippen molar-refractivity contribution >= 4 is 28.8 Å². The SMILES string of the molecule is CCOc1ccc(/C(O)=C2/C(=O)C(=O)N(C3CCCC3)C2c2cccs2)cc1C. The number of carbonyl (C=O) groups is 2. The standard InChI is InChI=1S/C23H25NO4S/c1-3-28-17-11-10-15(13-14(17)2)21(25)19-20(18-9-6-12-29-18)24(23(27)22(19)26)16-7-4-5-8-16/h6,9-13,16,20,25H,3-5,7-8H2,1-2H3/b21-19-. The van der Waals surface area contributed by atoms with Crippen LogP contribution in [0.4, 0.5) is 0 Å². The van der Waals surface area contributed by atoms with Gasteiger partial charge in [-0.1, -0.05) is 18.9 Å². The number of carbonyl (C=O) groups excluding carboxylic acids is 2. The first-order chi connectivity index (χ1) is 14.0. The van der Waals surface area contributed by atoms with Crippen molar-refractivity contribution in [2.24, 2.45) is 0 Å². The fourth-order valence-corrected chi connectivity index (χ4v) is 5.24. The Morgan fingerprint density at radius 3 is 2.62 bits per heavy atom. The monoisotopic (exact) mass is 411 g/mol. The van der Waals surface area contributed by atoms with Crippen molar-refractivity contribution in [1.29, 1.82) is 0 Å². The average molecular weight is 412 g/mol. The molecule has 5 nitrogen and oxygen atoms in total. The normalized spacial score (nSPS) is 21.9. The quantitative estimate of drug-likeness (QED) is 0.435. The maximum absolute atomic E-state index is 13.0. The highest BCUT2D eigenvalue weighted by Crippen LogP contribution is 2.44. The van der Waals surface area contributed by atoms with Crippen molar-refractivity contribution in [3.05, 3.63) is 57.3 Å². The van der Waals surface area contributed by atoms with Crippen LogP contribution in [0.25, 0.3) is 5.76 Å². The first kappa shape index (κ1) is 19.7. The Kier molecular flexibility index (Phi) is 5.46. The van der Waals surface area contributed by atoms with Gasteiger partial charge in [-0.25, -0.2) is 0 Å². The molecule has 2 aliphatic rings. The number of hydrogen-bond donors (Lipinski definition) is 1. The fourth-order valence-electron chi connectivity index (χ4n) is 4.40. The number of hydrogen-bond acceptors (Lipinski definition) is 5. The molecule has 29 heavy (non-hydrogen) atoms. The average Bonchev–Trinajstić information content (AvgIpc) is 3.45. The minimum atomic E-state index is -0.598. The highest BCUT2D eigenvalue weighted by Gasteiger charge is 2.49. The van der Waals surface area contributed by atoms with E-state index in [-0.39, 0.29) is 17.4 Å². The van der Waals surface area contributed by atoms with Gasteiger partial charge in [-0.15, -0.1) is 11.3 Å². The Morgan fingerprint density at radius 1 is 1.24 bits per heavy atom. The van der Waals surface area contributed by atoms with E-state index in [4.69, 9.17) is 4.74 Å². The van der Waals surface area contributed by atoms with Crippen LogP contribution in [0.3, 0.4) is 0 Å². The van der Waals surface area contributed by atoms with Crippen LogP contribution in [0.15, 0.2) is 41.3 Å². The lowest BCUT2D eigenvalue weighted by molar-refractivity contribution is -0.141. The van der Waals surface area contributed by atoms with Gasteiger partial charge in [0.05, 0.1) is 18.2 Å². The number of rotatable bonds is 5. The summed E-state index contributed by atoms with van der Waals surface area (Å²) >= 11 is 1.50. The summed E-state index contributed by atoms with van der Waals surface area (Å²) in [6, 6.07) is 8.70. The lowest BCUT2D eigenvalue weighted by Crippen LogP contribution is -2.37. The molecule has 1 aromatic carbocycles. The molecule has 2 heterocycles. The van der Waals surface area contributed by atoms with Crippen LogP contribution in [-0.4, -0.2) is 34.3 Å². The number of ether oxygens (including phenoxy) is 1. The van der Waals surface area contributed by atoms with E-state index in [1.165, 1.54) is 11.3 Å². The molecular formula is C23H25NO4S. The van der Waals surface area contributed by atoms with Crippen LogP contribution in [0.2, 0.25) is 0 Å². The highest BCUT2D eigenvalue weighted by molar-refractivity contribution is 7.10.